The third kappa shape index (κ3) is 5.99. The molecule has 0 aliphatic rings. The molecule has 8 nitrogen and oxygen atoms in total. The number of hydrogen-bond acceptors (Lipinski definition) is 6. The number of benzene rings is 2. The number of rotatable bonds is 9. The van der Waals surface area contributed by atoms with E-state index in [2.05, 4.69) is 0 Å². The SMILES string of the molecule is CCOC(=O)/C=C(\c1cccc(N(C(C)C)S(=O)(=O)c2ccc(OC)cc2)c1)c1ccc[n+]([O-])c1. The van der Waals surface area contributed by atoms with Crippen molar-refractivity contribution in [1.82, 2.24) is 0 Å². The predicted molar refractivity (Wildman–Crippen MR) is 133 cm³/mol. The van der Waals surface area contributed by atoms with E-state index in [1.807, 2.05) is 0 Å². The van der Waals surface area contributed by atoms with Gasteiger partial charge in [0.05, 0.1) is 24.3 Å². The molecule has 1 heterocycles. The highest BCUT2D eigenvalue weighted by Gasteiger charge is 2.28. The lowest BCUT2D eigenvalue weighted by Crippen LogP contribution is -2.37. The summed E-state index contributed by atoms with van der Waals surface area (Å²) in [5, 5.41) is 11.9. The van der Waals surface area contributed by atoms with Gasteiger partial charge in [0.25, 0.3) is 10.0 Å². The van der Waals surface area contributed by atoms with Gasteiger partial charge in [-0.25, -0.2) is 13.2 Å². The van der Waals surface area contributed by atoms with Crippen molar-refractivity contribution in [3.8, 4) is 5.75 Å². The van der Waals surface area contributed by atoms with Crippen LogP contribution in [0.1, 0.15) is 31.9 Å². The second-order valence-corrected chi connectivity index (χ2v) is 9.70. The van der Waals surface area contributed by atoms with E-state index in [4.69, 9.17) is 9.47 Å². The summed E-state index contributed by atoms with van der Waals surface area (Å²) < 4.78 is 39.3. The molecule has 3 rings (SSSR count). The van der Waals surface area contributed by atoms with Gasteiger partial charge in [-0.05, 0) is 68.8 Å². The first-order chi connectivity index (χ1) is 16.7. The number of pyridine rings is 1. The van der Waals surface area contributed by atoms with Crippen LogP contribution in [-0.2, 0) is 19.6 Å². The molecule has 3 aromatic rings. The fourth-order valence-electron chi connectivity index (χ4n) is 3.64. The van der Waals surface area contributed by atoms with E-state index in [1.54, 1.807) is 69.3 Å². The molecule has 0 saturated heterocycles. The minimum atomic E-state index is -3.91. The average Bonchev–Trinajstić information content (AvgIpc) is 2.82. The topological polar surface area (TPSA) is 99.8 Å². The van der Waals surface area contributed by atoms with Crippen molar-refractivity contribution in [3.63, 3.8) is 0 Å². The van der Waals surface area contributed by atoms with Crippen LogP contribution in [-0.4, -0.2) is 34.1 Å². The van der Waals surface area contributed by atoms with Crippen molar-refractivity contribution in [2.24, 2.45) is 0 Å². The van der Waals surface area contributed by atoms with Crippen LogP contribution in [0.5, 0.6) is 5.75 Å². The normalized spacial score (nSPS) is 11.9. The van der Waals surface area contributed by atoms with Gasteiger partial charge in [0.15, 0.2) is 12.4 Å². The molecule has 0 bridgehead atoms. The van der Waals surface area contributed by atoms with Gasteiger partial charge >= 0.3 is 5.97 Å². The number of ether oxygens (including phenoxy) is 2. The Hall–Kier alpha value is -3.85. The molecule has 0 aliphatic heterocycles. The Labute approximate surface area is 205 Å². The van der Waals surface area contributed by atoms with Crippen molar-refractivity contribution in [1.29, 1.82) is 0 Å². The molecule has 0 atom stereocenters. The molecule has 0 aliphatic carbocycles. The minimum Gasteiger partial charge on any atom is -0.619 e. The van der Waals surface area contributed by atoms with Gasteiger partial charge < -0.3 is 14.7 Å². The lowest BCUT2D eigenvalue weighted by atomic mass is 9.98. The first kappa shape index (κ1) is 25.8. The zero-order chi connectivity index (χ0) is 25.6. The Kier molecular flexibility index (Phi) is 8.14. The maximum Gasteiger partial charge on any atom is 0.331 e. The highest BCUT2D eigenvalue weighted by Crippen LogP contribution is 2.31. The van der Waals surface area contributed by atoms with Crippen LogP contribution in [0, 0.1) is 5.21 Å². The van der Waals surface area contributed by atoms with Crippen molar-refractivity contribution in [2.45, 2.75) is 31.7 Å². The van der Waals surface area contributed by atoms with Gasteiger partial charge in [-0.15, -0.1) is 0 Å². The zero-order valence-corrected chi connectivity index (χ0v) is 20.9. The van der Waals surface area contributed by atoms with E-state index < -0.39 is 22.0 Å². The van der Waals surface area contributed by atoms with Gasteiger partial charge in [-0.2, -0.15) is 4.73 Å². The van der Waals surface area contributed by atoms with Crippen LogP contribution in [0.4, 0.5) is 5.69 Å². The average molecular weight is 497 g/mol. The molecule has 0 spiro atoms. The van der Waals surface area contributed by atoms with Gasteiger partial charge in [0.2, 0.25) is 0 Å². The molecule has 35 heavy (non-hydrogen) atoms. The summed E-state index contributed by atoms with van der Waals surface area (Å²) in [6, 6.07) is 15.8. The Balaban J connectivity index is 2.12. The Morgan fingerprint density at radius 3 is 2.37 bits per heavy atom. The molecule has 0 N–H and O–H groups in total. The quantitative estimate of drug-likeness (QED) is 0.193. The van der Waals surface area contributed by atoms with E-state index in [-0.39, 0.29) is 11.5 Å². The second-order valence-electron chi connectivity index (χ2n) is 7.88. The molecule has 1 aromatic heterocycles. The third-order valence-electron chi connectivity index (χ3n) is 5.13. The van der Waals surface area contributed by atoms with Crippen molar-refractivity contribution >= 4 is 27.3 Å². The summed E-state index contributed by atoms with van der Waals surface area (Å²) in [5.74, 6) is -0.0185. The molecule has 184 valence electrons. The summed E-state index contributed by atoms with van der Waals surface area (Å²) >= 11 is 0. The van der Waals surface area contributed by atoms with Gasteiger partial charge in [0.1, 0.15) is 5.75 Å². The lowest BCUT2D eigenvalue weighted by molar-refractivity contribution is -0.605. The van der Waals surface area contributed by atoms with Gasteiger partial charge in [-0.3, -0.25) is 4.31 Å². The van der Waals surface area contributed by atoms with E-state index in [9.17, 15) is 18.4 Å². The van der Waals surface area contributed by atoms with E-state index >= 15 is 0 Å². The molecule has 0 radical (unpaired) electrons. The lowest BCUT2D eigenvalue weighted by Gasteiger charge is -2.29. The van der Waals surface area contributed by atoms with Crippen LogP contribution in [0.15, 0.2) is 84.0 Å². The molecule has 9 heteroatoms. The molecule has 0 fully saturated rings. The van der Waals surface area contributed by atoms with Crippen LogP contribution < -0.4 is 13.8 Å². The molecule has 0 saturated carbocycles. The number of carbonyl (C=O) groups is 1. The third-order valence-corrected chi connectivity index (χ3v) is 7.15. The molecule has 0 amide bonds. The van der Waals surface area contributed by atoms with E-state index in [0.717, 1.165) is 0 Å². The van der Waals surface area contributed by atoms with Gasteiger partial charge in [0, 0.05) is 29.3 Å². The molecular formula is C26H28N2O6S. The number of sulfonamides is 1. The number of anilines is 1. The first-order valence-corrected chi connectivity index (χ1v) is 12.5. The molecule has 0 unspecified atom stereocenters. The highest BCUT2D eigenvalue weighted by atomic mass is 32.2. The fraction of sp³-hybridized carbons (Fsp3) is 0.231. The Morgan fingerprint density at radius 1 is 1.09 bits per heavy atom. The number of esters is 1. The number of hydrogen-bond donors (Lipinski definition) is 0. The smallest absolute Gasteiger partial charge is 0.331 e. The van der Waals surface area contributed by atoms with Gasteiger partial charge in [-0.1, -0.05) is 12.1 Å². The summed E-state index contributed by atoms with van der Waals surface area (Å²) in [7, 11) is -2.40. The molecule has 2 aromatic carbocycles. The van der Waals surface area contributed by atoms with E-state index in [0.29, 0.717) is 32.9 Å². The van der Waals surface area contributed by atoms with Crippen molar-refractivity contribution in [2.75, 3.05) is 18.0 Å². The minimum absolute atomic E-state index is 0.121. The van der Waals surface area contributed by atoms with E-state index in [1.165, 1.54) is 42.0 Å². The Bertz CT molecular complexity index is 1320. The summed E-state index contributed by atoms with van der Waals surface area (Å²) in [5.41, 5.74) is 1.88. The van der Waals surface area contributed by atoms with Crippen molar-refractivity contribution < 1.29 is 27.4 Å². The summed E-state index contributed by atoms with van der Waals surface area (Å²) in [4.78, 5) is 12.4. The van der Waals surface area contributed by atoms with Crippen LogP contribution in [0.25, 0.3) is 5.57 Å². The fourth-order valence-corrected chi connectivity index (χ4v) is 5.29. The summed E-state index contributed by atoms with van der Waals surface area (Å²) in [6.07, 6.45) is 3.98. The maximum absolute atomic E-state index is 13.6. The number of methoxy groups -OCH3 is 1. The Morgan fingerprint density at radius 2 is 1.77 bits per heavy atom. The predicted octanol–water partition coefficient (Wildman–Crippen LogP) is 3.93. The highest BCUT2D eigenvalue weighted by molar-refractivity contribution is 7.92. The zero-order valence-electron chi connectivity index (χ0n) is 20.0. The monoisotopic (exact) mass is 496 g/mol. The number of aromatic nitrogens is 1. The maximum atomic E-state index is 13.6. The van der Waals surface area contributed by atoms with Crippen LogP contribution in [0.3, 0.4) is 0 Å². The second kappa shape index (κ2) is 11.1. The largest absolute Gasteiger partial charge is 0.619 e. The first-order valence-electron chi connectivity index (χ1n) is 11.0. The number of nitrogens with zero attached hydrogens (tertiary/aromatic N) is 2. The molecular weight excluding hydrogens is 468 g/mol. The van der Waals surface area contributed by atoms with Crippen molar-refractivity contribution in [3.05, 3.63) is 95.5 Å². The standard InChI is InChI=1S/C26H28N2O6S/c1-5-34-26(29)17-25(21-9-7-15-27(30)18-21)20-8-6-10-22(16-20)28(19(2)3)35(31,32)24-13-11-23(33-4)12-14-24/h6-19H,5H2,1-4H3/b25-17+. The summed E-state index contributed by atoms with van der Waals surface area (Å²) in [6.45, 7) is 5.45. The number of carbonyl (C=O) groups excluding carboxylic acids is 1. The van der Waals surface area contributed by atoms with Crippen LogP contribution >= 0.6 is 0 Å². The van der Waals surface area contributed by atoms with Crippen LogP contribution in [0.2, 0.25) is 0 Å².